The molecule has 0 unspecified atom stereocenters. The molecule has 1 aliphatic heterocycles. The summed E-state index contributed by atoms with van der Waals surface area (Å²) in [7, 11) is 0. The second kappa shape index (κ2) is 7.43. The van der Waals surface area contributed by atoms with Crippen LogP contribution in [-0.4, -0.2) is 52.8 Å². The van der Waals surface area contributed by atoms with Crippen LogP contribution >= 0.6 is 22.7 Å². The SMILES string of the molecule is O=C(Cc1csc(-c2cccs2)n1)N1CCN(C(=O)c2ccoc2)CC1. The standard InChI is InChI=1S/C18H17N3O3S2/c22-16(10-14-12-26-17(19-14)15-2-1-9-25-15)20-4-6-21(7-5-20)18(23)13-3-8-24-11-13/h1-3,8-9,11-12H,4-7,10H2. The van der Waals surface area contributed by atoms with E-state index < -0.39 is 0 Å². The smallest absolute Gasteiger partial charge is 0.257 e. The first-order valence-electron chi connectivity index (χ1n) is 8.28. The maximum atomic E-state index is 12.5. The van der Waals surface area contributed by atoms with E-state index >= 15 is 0 Å². The maximum Gasteiger partial charge on any atom is 0.257 e. The first kappa shape index (κ1) is 17.0. The van der Waals surface area contributed by atoms with Gasteiger partial charge in [-0.2, -0.15) is 0 Å². The fraction of sp³-hybridized carbons (Fsp3) is 0.278. The fourth-order valence-corrected chi connectivity index (χ4v) is 4.53. The molecule has 0 N–H and O–H groups in total. The molecular formula is C18H17N3O3S2. The second-order valence-corrected chi connectivity index (χ2v) is 7.79. The zero-order valence-corrected chi connectivity index (χ0v) is 15.6. The highest BCUT2D eigenvalue weighted by Crippen LogP contribution is 2.28. The Bertz CT molecular complexity index is 879. The van der Waals surface area contributed by atoms with E-state index in [4.69, 9.17) is 4.42 Å². The summed E-state index contributed by atoms with van der Waals surface area (Å²) in [5, 5.41) is 4.93. The van der Waals surface area contributed by atoms with Gasteiger partial charge in [-0.1, -0.05) is 6.07 Å². The summed E-state index contributed by atoms with van der Waals surface area (Å²) in [6, 6.07) is 5.69. The number of piperazine rings is 1. The minimum Gasteiger partial charge on any atom is -0.472 e. The lowest BCUT2D eigenvalue weighted by atomic mass is 10.2. The molecule has 1 aliphatic rings. The van der Waals surface area contributed by atoms with Crippen LogP contribution in [-0.2, 0) is 11.2 Å². The summed E-state index contributed by atoms with van der Waals surface area (Å²) in [5.74, 6) is 0.00868. The van der Waals surface area contributed by atoms with Gasteiger partial charge in [0.2, 0.25) is 5.91 Å². The molecule has 3 aromatic heterocycles. The number of hydrogen-bond donors (Lipinski definition) is 0. The topological polar surface area (TPSA) is 66.7 Å². The quantitative estimate of drug-likeness (QED) is 0.690. The van der Waals surface area contributed by atoms with Crippen LogP contribution in [0.4, 0.5) is 0 Å². The molecule has 0 aromatic carbocycles. The van der Waals surface area contributed by atoms with Crippen molar-refractivity contribution in [3.63, 3.8) is 0 Å². The molecule has 4 rings (SSSR count). The van der Waals surface area contributed by atoms with E-state index in [0.29, 0.717) is 38.2 Å². The molecule has 0 atom stereocenters. The van der Waals surface area contributed by atoms with E-state index in [1.807, 2.05) is 27.8 Å². The molecular weight excluding hydrogens is 370 g/mol. The van der Waals surface area contributed by atoms with Crippen LogP contribution in [0.15, 0.2) is 45.9 Å². The number of thiophene rings is 1. The third kappa shape index (κ3) is 3.56. The molecule has 134 valence electrons. The van der Waals surface area contributed by atoms with Gasteiger partial charge < -0.3 is 14.2 Å². The molecule has 0 aliphatic carbocycles. The number of hydrogen-bond acceptors (Lipinski definition) is 6. The van der Waals surface area contributed by atoms with Crippen molar-refractivity contribution in [3.8, 4) is 9.88 Å². The molecule has 0 radical (unpaired) electrons. The van der Waals surface area contributed by atoms with Crippen molar-refractivity contribution >= 4 is 34.5 Å². The predicted molar refractivity (Wildman–Crippen MR) is 100 cm³/mol. The Morgan fingerprint density at radius 3 is 2.62 bits per heavy atom. The largest absolute Gasteiger partial charge is 0.472 e. The van der Waals surface area contributed by atoms with Crippen LogP contribution in [0.3, 0.4) is 0 Å². The Morgan fingerprint density at radius 1 is 1.12 bits per heavy atom. The average molecular weight is 387 g/mol. The Labute approximate surface area is 158 Å². The molecule has 1 saturated heterocycles. The number of furan rings is 1. The molecule has 2 amide bonds. The van der Waals surface area contributed by atoms with Gasteiger partial charge >= 0.3 is 0 Å². The molecule has 0 spiro atoms. The van der Waals surface area contributed by atoms with Crippen molar-refractivity contribution in [2.75, 3.05) is 26.2 Å². The summed E-state index contributed by atoms with van der Waals surface area (Å²) < 4.78 is 4.96. The van der Waals surface area contributed by atoms with Gasteiger partial charge in [0, 0.05) is 31.6 Å². The fourth-order valence-electron chi connectivity index (χ4n) is 2.90. The third-order valence-corrected chi connectivity index (χ3v) is 6.23. The van der Waals surface area contributed by atoms with Gasteiger partial charge in [-0.25, -0.2) is 4.98 Å². The summed E-state index contributed by atoms with van der Waals surface area (Å²) >= 11 is 3.21. The van der Waals surface area contributed by atoms with Gasteiger partial charge in [0.25, 0.3) is 5.91 Å². The van der Waals surface area contributed by atoms with Crippen molar-refractivity contribution in [1.29, 1.82) is 0 Å². The summed E-state index contributed by atoms with van der Waals surface area (Å²) in [6.45, 7) is 2.16. The lowest BCUT2D eigenvalue weighted by molar-refractivity contribution is -0.132. The molecule has 4 heterocycles. The Hall–Kier alpha value is -2.45. The van der Waals surface area contributed by atoms with Gasteiger partial charge in [-0.3, -0.25) is 9.59 Å². The van der Waals surface area contributed by atoms with Crippen LogP contribution < -0.4 is 0 Å². The van der Waals surface area contributed by atoms with Crippen LogP contribution in [0.1, 0.15) is 16.1 Å². The van der Waals surface area contributed by atoms with Crippen molar-refractivity contribution < 1.29 is 14.0 Å². The third-order valence-electron chi connectivity index (χ3n) is 4.30. The van der Waals surface area contributed by atoms with Crippen molar-refractivity contribution in [2.24, 2.45) is 0 Å². The number of amides is 2. The summed E-state index contributed by atoms with van der Waals surface area (Å²) in [4.78, 5) is 34.1. The Kier molecular flexibility index (Phi) is 4.85. The van der Waals surface area contributed by atoms with E-state index in [-0.39, 0.29) is 11.8 Å². The van der Waals surface area contributed by atoms with E-state index in [1.165, 1.54) is 12.5 Å². The number of carbonyl (C=O) groups is 2. The maximum absolute atomic E-state index is 12.5. The minimum atomic E-state index is -0.0501. The minimum absolute atomic E-state index is 0.0501. The molecule has 6 nitrogen and oxygen atoms in total. The molecule has 1 fully saturated rings. The first-order valence-corrected chi connectivity index (χ1v) is 10.0. The molecule has 8 heteroatoms. The van der Waals surface area contributed by atoms with Crippen LogP contribution in [0, 0.1) is 0 Å². The Morgan fingerprint density at radius 2 is 1.92 bits per heavy atom. The lowest BCUT2D eigenvalue weighted by Crippen LogP contribution is -2.50. The zero-order valence-electron chi connectivity index (χ0n) is 14.0. The van der Waals surface area contributed by atoms with E-state index in [0.717, 1.165) is 15.6 Å². The summed E-state index contributed by atoms with van der Waals surface area (Å²) in [6.07, 6.45) is 3.25. The zero-order chi connectivity index (χ0) is 17.9. The first-order chi connectivity index (χ1) is 12.7. The average Bonchev–Trinajstić information content (AvgIpc) is 3.42. The highest BCUT2D eigenvalue weighted by Gasteiger charge is 2.25. The van der Waals surface area contributed by atoms with Crippen molar-refractivity contribution in [2.45, 2.75) is 6.42 Å². The molecule has 0 bridgehead atoms. The van der Waals surface area contributed by atoms with E-state index in [9.17, 15) is 9.59 Å². The highest BCUT2D eigenvalue weighted by molar-refractivity contribution is 7.20. The second-order valence-electron chi connectivity index (χ2n) is 5.98. The molecule has 3 aromatic rings. The van der Waals surface area contributed by atoms with Crippen LogP contribution in [0.25, 0.3) is 9.88 Å². The van der Waals surface area contributed by atoms with Gasteiger partial charge in [-0.15, -0.1) is 22.7 Å². The van der Waals surface area contributed by atoms with Crippen molar-refractivity contribution in [1.82, 2.24) is 14.8 Å². The van der Waals surface area contributed by atoms with Gasteiger partial charge in [0.15, 0.2) is 0 Å². The number of thiazole rings is 1. The molecule has 0 saturated carbocycles. The van der Waals surface area contributed by atoms with Gasteiger partial charge in [0.1, 0.15) is 11.3 Å². The number of nitrogens with zero attached hydrogens (tertiary/aromatic N) is 3. The lowest BCUT2D eigenvalue weighted by Gasteiger charge is -2.34. The van der Waals surface area contributed by atoms with E-state index in [1.54, 1.807) is 33.6 Å². The normalized spacial score (nSPS) is 14.6. The monoisotopic (exact) mass is 387 g/mol. The number of carbonyl (C=O) groups excluding carboxylic acids is 2. The van der Waals surface area contributed by atoms with Crippen LogP contribution in [0.2, 0.25) is 0 Å². The Balaban J connectivity index is 1.32. The van der Waals surface area contributed by atoms with Crippen molar-refractivity contribution in [3.05, 3.63) is 52.7 Å². The summed E-state index contributed by atoms with van der Waals surface area (Å²) in [5.41, 5.74) is 1.36. The number of aromatic nitrogens is 1. The van der Waals surface area contributed by atoms with Gasteiger partial charge in [-0.05, 0) is 17.5 Å². The number of rotatable bonds is 4. The van der Waals surface area contributed by atoms with Gasteiger partial charge in [0.05, 0.1) is 28.8 Å². The predicted octanol–water partition coefficient (Wildman–Crippen LogP) is 2.99. The van der Waals surface area contributed by atoms with E-state index in [2.05, 4.69) is 4.98 Å². The highest BCUT2D eigenvalue weighted by atomic mass is 32.1. The van der Waals surface area contributed by atoms with Crippen LogP contribution in [0.5, 0.6) is 0 Å². The molecule has 26 heavy (non-hydrogen) atoms.